The minimum Gasteiger partial charge on any atom is -0.375 e. The summed E-state index contributed by atoms with van der Waals surface area (Å²) in [6.45, 7) is 1.68. The molecule has 0 bridgehead atoms. The van der Waals surface area contributed by atoms with Gasteiger partial charge >= 0.3 is 0 Å². The predicted octanol–water partition coefficient (Wildman–Crippen LogP) is 4.06. The highest BCUT2D eigenvalue weighted by Crippen LogP contribution is 2.21. The van der Waals surface area contributed by atoms with E-state index in [1.165, 1.54) is 22.1 Å². The van der Waals surface area contributed by atoms with Crippen LogP contribution in [0.1, 0.15) is 17.7 Å². The lowest BCUT2D eigenvalue weighted by Gasteiger charge is -2.06. The van der Waals surface area contributed by atoms with Crippen LogP contribution < -0.4 is 11.1 Å². The maximum Gasteiger partial charge on any atom is 0.180 e. The van der Waals surface area contributed by atoms with Crippen molar-refractivity contribution in [3.8, 4) is 11.4 Å². The number of rotatable bonds is 7. The number of thiazole rings is 1. The minimum absolute atomic E-state index is 0.640. The monoisotopic (exact) mass is 375 g/mol. The van der Waals surface area contributed by atoms with Gasteiger partial charge in [0.05, 0.1) is 5.69 Å². The van der Waals surface area contributed by atoms with E-state index in [1.54, 1.807) is 0 Å². The maximum absolute atomic E-state index is 5.64. The normalized spacial score (nSPS) is 11.1. The van der Waals surface area contributed by atoms with E-state index in [-0.39, 0.29) is 0 Å². The zero-order chi connectivity index (χ0) is 18.5. The van der Waals surface area contributed by atoms with E-state index < -0.39 is 0 Å². The van der Waals surface area contributed by atoms with Crippen LogP contribution in [0.15, 0.2) is 60.2 Å². The third-order valence-corrected chi connectivity index (χ3v) is 5.12. The Hall–Kier alpha value is -2.83. The predicted molar refractivity (Wildman–Crippen MR) is 112 cm³/mol. The van der Waals surface area contributed by atoms with Gasteiger partial charge in [0.25, 0.3) is 0 Å². The maximum atomic E-state index is 5.64. The highest BCUT2D eigenvalue weighted by Gasteiger charge is 2.03. The van der Waals surface area contributed by atoms with Crippen molar-refractivity contribution < 1.29 is 0 Å². The molecule has 27 heavy (non-hydrogen) atoms. The average Bonchev–Trinajstić information content (AvgIpc) is 3.13. The molecule has 2 aromatic heterocycles. The number of benzene rings is 2. The van der Waals surface area contributed by atoms with Crippen molar-refractivity contribution in [3.05, 3.63) is 71.5 Å². The molecule has 136 valence electrons. The summed E-state index contributed by atoms with van der Waals surface area (Å²) in [6, 6.07) is 14.6. The molecule has 4 rings (SSSR count). The van der Waals surface area contributed by atoms with E-state index in [2.05, 4.69) is 50.6 Å². The molecule has 2 heterocycles. The Morgan fingerprint density at radius 1 is 1.00 bits per heavy atom. The molecule has 6 heteroatoms. The van der Waals surface area contributed by atoms with E-state index >= 15 is 0 Å². The molecule has 0 saturated carbocycles. The SMILES string of the molecule is Nc1nc(CCCNCc2cnc(-c3ccc4ccccc4c3)nc2)cs1. The van der Waals surface area contributed by atoms with Crippen LogP contribution >= 0.6 is 11.3 Å². The van der Waals surface area contributed by atoms with Crippen LogP contribution in [0.5, 0.6) is 0 Å². The van der Waals surface area contributed by atoms with Gasteiger partial charge in [0, 0.05) is 35.4 Å². The van der Waals surface area contributed by atoms with Gasteiger partial charge < -0.3 is 11.1 Å². The lowest BCUT2D eigenvalue weighted by atomic mass is 10.1. The van der Waals surface area contributed by atoms with Crippen LogP contribution in [-0.4, -0.2) is 21.5 Å². The van der Waals surface area contributed by atoms with Crippen molar-refractivity contribution in [1.82, 2.24) is 20.3 Å². The van der Waals surface area contributed by atoms with Crippen LogP contribution in [0.2, 0.25) is 0 Å². The minimum atomic E-state index is 0.640. The van der Waals surface area contributed by atoms with E-state index in [9.17, 15) is 0 Å². The molecule has 0 amide bonds. The first-order valence-corrected chi connectivity index (χ1v) is 9.86. The number of aryl methyl sites for hydroxylation is 1. The summed E-state index contributed by atoms with van der Waals surface area (Å²) in [7, 11) is 0. The number of hydrogen-bond donors (Lipinski definition) is 2. The fourth-order valence-electron chi connectivity index (χ4n) is 2.99. The van der Waals surface area contributed by atoms with Crippen molar-refractivity contribution >= 4 is 27.2 Å². The highest BCUT2D eigenvalue weighted by atomic mass is 32.1. The van der Waals surface area contributed by atoms with Gasteiger partial charge in [0.15, 0.2) is 11.0 Å². The second kappa shape index (κ2) is 8.24. The molecule has 4 aromatic rings. The van der Waals surface area contributed by atoms with Crippen molar-refractivity contribution in [1.29, 1.82) is 0 Å². The van der Waals surface area contributed by atoms with Gasteiger partial charge in [-0.05, 0) is 36.2 Å². The Morgan fingerprint density at radius 3 is 2.59 bits per heavy atom. The van der Waals surface area contributed by atoms with Gasteiger partial charge in [-0.1, -0.05) is 36.4 Å². The first-order valence-electron chi connectivity index (χ1n) is 8.98. The summed E-state index contributed by atoms with van der Waals surface area (Å²) in [4.78, 5) is 13.3. The molecule has 3 N–H and O–H groups in total. The van der Waals surface area contributed by atoms with Gasteiger partial charge in [-0.15, -0.1) is 11.3 Å². The number of fused-ring (bicyclic) bond motifs is 1. The van der Waals surface area contributed by atoms with E-state index in [0.717, 1.165) is 48.6 Å². The van der Waals surface area contributed by atoms with Crippen LogP contribution in [0.3, 0.4) is 0 Å². The first-order chi connectivity index (χ1) is 13.3. The molecular formula is C21H21N5S. The van der Waals surface area contributed by atoms with Crippen molar-refractivity contribution in [2.24, 2.45) is 0 Å². The molecule has 0 aliphatic rings. The molecule has 0 atom stereocenters. The third-order valence-electron chi connectivity index (χ3n) is 4.40. The fraction of sp³-hybridized carbons (Fsp3) is 0.190. The molecule has 5 nitrogen and oxygen atoms in total. The van der Waals surface area contributed by atoms with Crippen LogP contribution in [0.25, 0.3) is 22.2 Å². The van der Waals surface area contributed by atoms with Crippen LogP contribution in [0, 0.1) is 0 Å². The summed E-state index contributed by atoms with van der Waals surface area (Å²) in [5.74, 6) is 0.755. The van der Waals surface area contributed by atoms with Crippen molar-refractivity contribution in [2.45, 2.75) is 19.4 Å². The lowest BCUT2D eigenvalue weighted by molar-refractivity contribution is 0.643. The molecule has 0 unspecified atom stereocenters. The smallest absolute Gasteiger partial charge is 0.180 e. The zero-order valence-electron chi connectivity index (χ0n) is 14.9. The third kappa shape index (κ3) is 4.48. The largest absolute Gasteiger partial charge is 0.375 e. The Bertz CT molecular complexity index is 1030. The first kappa shape index (κ1) is 17.6. The van der Waals surface area contributed by atoms with E-state index in [0.29, 0.717) is 5.13 Å². The number of anilines is 1. The molecule has 0 saturated heterocycles. The Labute approximate surface area is 162 Å². The second-order valence-corrected chi connectivity index (χ2v) is 7.32. The Morgan fingerprint density at radius 2 is 1.81 bits per heavy atom. The zero-order valence-corrected chi connectivity index (χ0v) is 15.7. The van der Waals surface area contributed by atoms with Crippen LogP contribution in [0.4, 0.5) is 5.13 Å². The number of hydrogen-bond acceptors (Lipinski definition) is 6. The average molecular weight is 376 g/mol. The summed E-state index contributed by atoms with van der Waals surface area (Å²) < 4.78 is 0. The van der Waals surface area contributed by atoms with Gasteiger partial charge in [-0.2, -0.15) is 0 Å². The molecule has 0 aliphatic heterocycles. The summed E-state index contributed by atoms with van der Waals surface area (Å²) in [6.07, 6.45) is 5.76. The van der Waals surface area contributed by atoms with Crippen molar-refractivity contribution in [2.75, 3.05) is 12.3 Å². The number of aromatic nitrogens is 3. The lowest BCUT2D eigenvalue weighted by Crippen LogP contribution is -2.15. The van der Waals surface area contributed by atoms with Crippen molar-refractivity contribution in [3.63, 3.8) is 0 Å². The highest BCUT2D eigenvalue weighted by molar-refractivity contribution is 7.13. The molecule has 0 radical (unpaired) electrons. The Balaban J connectivity index is 1.30. The molecule has 2 aromatic carbocycles. The number of nitrogens with zero attached hydrogens (tertiary/aromatic N) is 3. The number of nitrogens with one attached hydrogen (secondary N) is 1. The Kier molecular flexibility index (Phi) is 5.37. The van der Waals surface area contributed by atoms with Gasteiger partial charge in [-0.25, -0.2) is 15.0 Å². The number of nitrogen functional groups attached to an aromatic ring is 1. The quantitative estimate of drug-likeness (QED) is 0.476. The summed E-state index contributed by atoms with van der Waals surface area (Å²) >= 11 is 1.49. The van der Waals surface area contributed by atoms with Crippen LogP contribution in [-0.2, 0) is 13.0 Å². The molecule has 0 fully saturated rings. The second-order valence-electron chi connectivity index (χ2n) is 6.43. The van der Waals surface area contributed by atoms with Gasteiger partial charge in [0.2, 0.25) is 0 Å². The summed E-state index contributed by atoms with van der Waals surface area (Å²) in [5, 5.41) is 8.51. The fourth-order valence-corrected chi connectivity index (χ4v) is 3.59. The standard InChI is InChI=1S/C21H21N5S/c22-21-26-19(14-27-21)6-3-9-23-11-15-12-24-20(25-13-15)18-8-7-16-4-1-2-5-17(16)10-18/h1-2,4-5,7-8,10,12-14,23H,3,6,9,11H2,(H2,22,26). The van der Waals surface area contributed by atoms with E-state index in [1.807, 2.05) is 29.9 Å². The molecule has 0 spiro atoms. The molecule has 0 aliphatic carbocycles. The number of nitrogens with two attached hydrogens (primary N) is 1. The van der Waals surface area contributed by atoms with Gasteiger partial charge in [0.1, 0.15) is 0 Å². The molecular weight excluding hydrogens is 354 g/mol. The van der Waals surface area contributed by atoms with E-state index in [4.69, 9.17) is 5.73 Å². The van der Waals surface area contributed by atoms with Gasteiger partial charge in [-0.3, -0.25) is 0 Å². The summed E-state index contributed by atoms with van der Waals surface area (Å²) in [5.41, 5.74) is 8.83. The topological polar surface area (TPSA) is 76.7 Å².